The third-order valence-electron chi connectivity index (χ3n) is 6.44. The Kier molecular flexibility index (Phi) is 8.98. The second-order valence-electron chi connectivity index (χ2n) is 8.80. The number of nitrogens with zero attached hydrogens (tertiary/aromatic N) is 2. The lowest BCUT2D eigenvalue weighted by atomic mass is 9.95. The minimum absolute atomic E-state index is 0.0609. The zero-order chi connectivity index (χ0) is 26.2. The normalized spacial score (nSPS) is 18.6. The summed E-state index contributed by atoms with van der Waals surface area (Å²) in [5.74, 6) is -0.369. The molecule has 1 N–H and O–H groups in total. The molecule has 0 bridgehead atoms. The van der Waals surface area contributed by atoms with Crippen molar-refractivity contribution in [2.75, 3.05) is 52.6 Å². The van der Waals surface area contributed by atoms with E-state index in [4.69, 9.17) is 14.2 Å². The van der Waals surface area contributed by atoms with Gasteiger partial charge in [-0.15, -0.1) is 0 Å². The number of rotatable bonds is 11. The molecule has 2 aliphatic rings. The molecular weight excluding hydrogens is 472 g/mol. The van der Waals surface area contributed by atoms with E-state index in [0.29, 0.717) is 56.6 Å². The Bertz CT molecular complexity index is 1150. The first-order valence-electron chi connectivity index (χ1n) is 12.7. The average Bonchev–Trinajstić information content (AvgIpc) is 3.18. The molecule has 0 aliphatic carbocycles. The van der Waals surface area contributed by atoms with Gasteiger partial charge in [-0.3, -0.25) is 14.5 Å². The lowest BCUT2D eigenvalue weighted by molar-refractivity contribution is -0.129. The van der Waals surface area contributed by atoms with Gasteiger partial charge in [-0.05, 0) is 43.2 Å². The second-order valence-corrected chi connectivity index (χ2v) is 8.80. The van der Waals surface area contributed by atoms with Crippen molar-refractivity contribution in [3.8, 4) is 11.5 Å². The molecule has 1 fully saturated rings. The summed E-state index contributed by atoms with van der Waals surface area (Å²) in [5.41, 5.74) is 1.58. The van der Waals surface area contributed by atoms with Gasteiger partial charge in [-0.25, -0.2) is 0 Å². The van der Waals surface area contributed by atoms with Crippen molar-refractivity contribution < 1.29 is 28.9 Å². The first-order chi connectivity index (χ1) is 18.0. The van der Waals surface area contributed by atoms with Crippen molar-refractivity contribution in [1.29, 1.82) is 0 Å². The van der Waals surface area contributed by atoms with Crippen molar-refractivity contribution in [3.63, 3.8) is 0 Å². The largest absolute Gasteiger partial charge is 0.503 e. The number of ether oxygens (including phenoxy) is 3. The lowest BCUT2D eigenvalue weighted by Gasteiger charge is -2.31. The molecule has 8 nitrogen and oxygen atoms in total. The summed E-state index contributed by atoms with van der Waals surface area (Å²) in [6.45, 7) is 8.47. The van der Waals surface area contributed by atoms with Gasteiger partial charge in [0.15, 0.2) is 23.0 Å². The van der Waals surface area contributed by atoms with E-state index in [2.05, 4.69) is 4.90 Å². The Labute approximate surface area is 217 Å². The quantitative estimate of drug-likeness (QED) is 0.464. The van der Waals surface area contributed by atoms with Gasteiger partial charge in [0, 0.05) is 26.2 Å². The summed E-state index contributed by atoms with van der Waals surface area (Å²) in [5, 5.41) is 10.9. The van der Waals surface area contributed by atoms with Gasteiger partial charge >= 0.3 is 0 Å². The molecule has 4 rings (SSSR count). The summed E-state index contributed by atoms with van der Waals surface area (Å²) >= 11 is 0. The topological polar surface area (TPSA) is 88.5 Å². The minimum atomic E-state index is -0.753. The number of aliphatic hydroxyl groups excluding tert-OH is 1. The van der Waals surface area contributed by atoms with Gasteiger partial charge in [0.25, 0.3) is 5.91 Å². The molecule has 2 heterocycles. The fourth-order valence-electron chi connectivity index (χ4n) is 4.62. The van der Waals surface area contributed by atoms with Crippen molar-refractivity contribution in [1.82, 2.24) is 9.80 Å². The van der Waals surface area contributed by atoms with E-state index in [0.717, 1.165) is 18.7 Å². The Morgan fingerprint density at radius 3 is 2.43 bits per heavy atom. The molecule has 0 saturated carbocycles. The number of hydrogen-bond acceptors (Lipinski definition) is 7. The minimum Gasteiger partial charge on any atom is -0.503 e. The predicted octanol–water partition coefficient (Wildman–Crippen LogP) is 3.79. The van der Waals surface area contributed by atoms with Crippen LogP contribution in [0.1, 0.15) is 31.0 Å². The van der Waals surface area contributed by atoms with E-state index in [1.807, 2.05) is 50.2 Å². The molecule has 0 radical (unpaired) electrons. The number of ketones is 1. The summed E-state index contributed by atoms with van der Waals surface area (Å²) < 4.78 is 16.9. The number of carbonyl (C=O) groups excluding carboxylic acids is 2. The monoisotopic (exact) mass is 506 g/mol. The SMILES string of the molecule is CCOc1ccc(C2C(C(=O)C=Cc3ccccc3)=C(O)C(=O)N2CCN2CCOCC2)cc1OCC. The second kappa shape index (κ2) is 12.6. The molecule has 196 valence electrons. The van der Waals surface area contributed by atoms with Gasteiger partial charge in [-0.2, -0.15) is 0 Å². The fraction of sp³-hybridized carbons (Fsp3) is 0.379. The summed E-state index contributed by atoms with van der Waals surface area (Å²) in [6, 6.07) is 14.1. The highest BCUT2D eigenvalue weighted by molar-refractivity contribution is 6.14. The predicted molar refractivity (Wildman–Crippen MR) is 141 cm³/mol. The van der Waals surface area contributed by atoms with E-state index < -0.39 is 23.5 Å². The van der Waals surface area contributed by atoms with E-state index in [-0.39, 0.29) is 5.57 Å². The highest BCUT2D eigenvalue weighted by atomic mass is 16.5. The van der Waals surface area contributed by atoms with Crippen molar-refractivity contribution in [2.24, 2.45) is 0 Å². The summed E-state index contributed by atoms with van der Waals surface area (Å²) in [7, 11) is 0. The van der Waals surface area contributed by atoms with Gasteiger partial charge < -0.3 is 24.2 Å². The Morgan fingerprint density at radius 2 is 1.73 bits per heavy atom. The molecular formula is C29H34N2O6. The highest BCUT2D eigenvalue weighted by Gasteiger charge is 2.43. The first-order valence-corrected chi connectivity index (χ1v) is 12.7. The molecule has 2 aromatic carbocycles. The van der Waals surface area contributed by atoms with E-state index >= 15 is 0 Å². The molecule has 37 heavy (non-hydrogen) atoms. The van der Waals surface area contributed by atoms with Crippen molar-refractivity contribution >= 4 is 17.8 Å². The van der Waals surface area contributed by atoms with Crippen LogP contribution >= 0.6 is 0 Å². The molecule has 0 spiro atoms. The Morgan fingerprint density at radius 1 is 1.03 bits per heavy atom. The number of aliphatic hydroxyl groups is 1. The maximum absolute atomic E-state index is 13.4. The molecule has 1 atom stereocenters. The van der Waals surface area contributed by atoms with Crippen LogP contribution in [0.2, 0.25) is 0 Å². The first kappa shape index (κ1) is 26.4. The molecule has 1 amide bonds. The van der Waals surface area contributed by atoms with Crippen LogP contribution < -0.4 is 9.47 Å². The standard InChI is InChI=1S/C29H34N2O6/c1-3-36-24-13-11-22(20-25(24)37-4-2)27-26(23(32)12-10-21-8-6-5-7-9-21)28(33)29(34)31(27)15-14-30-16-18-35-19-17-30/h5-13,20,27,33H,3-4,14-19H2,1-2H3. The average molecular weight is 507 g/mol. The number of carbonyl (C=O) groups is 2. The Balaban J connectivity index is 1.68. The van der Waals surface area contributed by atoms with Gasteiger partial charge in [0.1, 0.15) is 0 Å². The molecule has 1 unspecified atom stereocenters. The molecule has 2 aliphatic heterocycles. The van der Waals surface area contributed by atoms with Crippen LogP contribution in [0.15, 0.2) is 65.9 Å². The summed E-state index contributed by atoms with van der Waals surface area (Å²) in [6.07, 6.45) is 3.09. The van der Waals surface area contributed by atoms with Gasteiger partial charge in [0.05, 0.1) is 38.0 Å². The van der Waals surface area contributed by atoms with E-state index in [9.17, 15) is 14.7 Å². The third kappa shape index (κ3) is 6.21. The van der Waals surface area contributed by atoms with Crippen LogP contribution in [0, 0.1) is 0 Å². The van der Waals surface area contributed by atoms with Gasteiger partial charge in [0.2, 0.25) is 0 Å². The van der Waals surface area contributed by atoms with E-state index in [1.54, 1.807) is 23.1 Å². The number of amides is 1. The summed E-state index contributed by atoms with van der Waals surface area (Å²) in [4.78, 5) is 30.5. The van der Waals surface area contributed by atoms with Crippen LogP contribution in [-0.2, 0) is 14.3 Å². The van der Waals surface area contributed by atoms with Crippen molar-refractivity contribution in [3.05, 3.63) is 77.1 Å². The fourth-order valence-corrected chi connectivity index (χ4v) is 4.62. The molecule has 2 aromatic rings. The maximum atomic E-state index is 13.4. The van der Waals surface area contributed by atoms with Crippen LogP contribution in [0.4, 0.5) is 0 Å². The number of hydrogen-bond donors (Lipinski definition) is 1. The number of morpholine rings is 1. The highest BCUT2D eigenvalue weighted by Crippen LogP contribution is 2.41. The molecule has 1 saturated heterocycles. The van der Waals surface area contributed by atoms with Crippen LogP contribution in [-0.4, -0.2) is 79.2 Å². The van der Waals surface area contributed by atoms with Gasteiger partial charge in [-0.1, -0.05) is 42.5 Å². The smallest absolute Gasteiger partial charge is 0.290 e. The lowest BCUT2D eigenvalue weighted by Crippen LogP contribution is -2.43. The van der Waals surface area contributed by atoms with Crippen molar-refractivity contribution in [2.45, 2.75) is 19.9 Å². The number of allylic oxidation sites excluding steroid dienone is 1. The van der Waals surface area contributed by atoms with Crippen LogP contribution in [0.3, 0.4) is 0 Å². The zero-order valence-electron chi connectivity index (χ0n) is 21.4. The molecule has 8 heteroatoms. The van der Waals surface area contributed by atoms with E-state index in [1.165, 1.54) is 6.08 Å². The Hall–Kier alpha value is -3.62. The molecule has 0 aromatic heterocycles. The number of benzene rings is 2. The van der Waals surface area contributed by atoms with Crippen LogP contribution in [0.5, 0.6) is 11.5 Å². The maximum Gasteiger partial charge on any atom is 0.290 e. The third-order valence-corrected chi connectivity index (χ3v) is 6.44. The zero-order valence-corrected chi connectivity index (χ0v) is 21.4. The van der Waals surface area contributed by atoms with Crippen LogP contribution in [0.25, 0.3) is 6.08 Å².